The van der Waals surface area contributed by atoms with Crippen molar-refractivity contribution >= 4 is 5.91 Å². The number of nitrogens with one attached hydrogen (secondary N) is 1. The number of methoxy groups -OCH3 is 1. The first-order valence-corrected chi connectivity index (χ1v) is 8.51. The van der Waals surface area contributed by atoms with Crippen LogP contribution in [0.5, 0.6) is 5.75 Å². The Bertz CT molecular complexity index is 1040. The van der Waals surface area contributed by atoms with Gasteiger partial charge in [0.15, 0.2) is 0 Å². The van der Waals surface area contributed by atoms with Gasteiger partial charge < -0.3 is 14.6 Å². The van der Waals surface area contributed by atoms with Crippen LogP contribution in [0.3, 0.4) is 0 Å². The van der Waals surface area contributed by atoms with Crippen LogP contribution in [0.25, 0.3) is 5.69 Å². The van der Waals surface area contributed by atoms with Crippen LogP contribution in [-0.2, 0) is 12.7 Å². The molecule has 0 atom stereocenters. The van der Waals surface area contributed by atoms with Gasteiger partial charge in [-0.25, -0.2) is 9.37 Å². The molecular weight excluding hydrogens is 390 g/mol. The molecule has 29 heavy (non-hydrogen) atoms. The average Bonchev–Trinajstić information content (AvgIpc) is 3.10. The Morgan fingerprint density at radius 2 is 1.97 bits per heavy atom. The van der Waals surface area contributed by atoms with Crippen LogP contribution in [0.2, 0.25) is 0 Å². The molecule has 0 fully saturated rings. The molecule has 1 aromatic heterocycles. The largest absolute Gasteiger partial charge is 0.495 e. The summed E-state index contributed by atoms with van der Waals surface area (Å²) in [6.07, 6.45) is -1.27. The molecule has 0 unspecified atom stereocenters. The molecule has 3 rings (SSSR count). The number of rotatable bonds is 5. The van der Waals surface area contributed by atoms with Gasteiger partial charge in [0.2, 0.25) is 0 Å². The highest BCUT2D eigenvalue weighted by Gasteiger charge is 2.31. The maximum absolute atomic E-state index is 13.5. The Kier molecular flexibility index (Phi) is 5.58. The third-order valence-electron chi connectivity index (χ3n) is 4.17. The van der Waals surface area contributed by atoms with E-state index in [-0.39, 0.29) is 17.7 Å². The first kappa shape index (κ1) is 20.4. The number of hydrogen-bond acceptors (Lipinski definition) is 3. The molecular formula is C20H17F4N3O2. The Labute approximate surface area is 163 Å². The molecule has 0 saturated heterocycles. The number of ether oxygens (including phenoxy) is 1. The van der Waals surface area contributed by atoms with E-state index in [9.17, 15) is 22.4 Å². The summed E-state index contributed by atoms with van der Waals surface area (Å²) in [5, 5.41) is 2.49. The zero-order valence-electron chi connectivity index (χ0n) is 15.5. The lowest BCUT2D eigenvalue weighted by atomic mass is 10.1. The number of imidazole rings is 1. The summed E-state index contributed by atoms with van der Waals surface area (Å²) in [7, 11) is 1.45. The van der Waals surface area contributed by atoms with Crippen LogP contribution in [-0.4, -0.2) is 22.6 Å². The van der Waals surface area contributed by atoms with E-state index in [0.717, 1.165) is 17.8 Å². The van der Waals surface area contributed by atoms with Gasteiger partial charge in [-0.3, -0.25) is 4.79 Å². The summed E-state index contributed by atoms with van der Waals surface area (Å²) < 4.78 is 58.9. The minimum absolute atomic E-state index is 0.00292. The highest BCUT2D eigenvalue weighted by atomic mass is 19.4. The fraction of sp³-hybridized carbons (Fsp3) is 0.200. The number of halogens is 4. The van der Waals surface area contributed by atoms with Crippen molar-refractivity contribution in [3.63, 3.8) is 0 Å². The van der Waals surface area contributed by atoms with Crippen LogP contribution < -0.4 is 10.1 Å². The number of carbonyl (C=O) groups excluding carboxylic acids is 1. The second kappa shape index (κ2) is 7.94. The van der Waals surface area contributed by atoms with Crippen LogP contribution in [0.4, 0.5) is 17.6 Å². The summed E-state index contributed by atoms with van der Waals surface area (Å²) >= 11 is 0. The van der Waals surface area contributed by atoms with Crippen molar-refractivity contribution in [1.82, 2.24) is 14.9 Å². The lowest BCUT2D eigenvalue weighted by Crippen LogP contribution is -2.23. The van der Waals surface area contributed by atoms with E-state index in [1.807, 2.05) is 6.92 Å². The summed E-state index contributed by atoms with van der Waals surface area (Å²) in [5.41, 5.74) is 0.619. The predicted molar refractivity (Wildman–Crippen MR) is 97.4 cm³/mol. The molecule has 1 heterocycles. The molecule has 0 spiro atoms. The molecule has 0 saturated carbocycles. The molecule has 3 aromatic rings. The zero-order valence-corrected chi connectivity index (χ0v) is 15.5. The lowest BCUT2D eigenvalue weighted by molar-refractivity contribution is -0.137. The molecule has 1 N–H and O–H groups in total. The number of aryl methyl sites for hydroxylation is 1. The summed E-state index contributed by atoms with van der Waals surface area (Å²) in [4.78, 5) is 16.5. The van der Waals surface area contributed by atoms with Gasteiger partial charge in [0.1, 0.15) is 11.6 Å². The minimum atomic E-state index is -4.67. The van der Waals surface area contributed by atoms with E-state index in [1.54, 1.807) is 29.2 Å². The number of nitrogens with zero attached hydrogens (tertiary/aromatic N) is 2. The third-order valence-corrected chi connectivity index (χ3v) is 4.17. The first-order valence-electron chi connectivity index (χ1n) is 8.51. The highest BCUT2D eigenvalue weighted by Crippen LogP contribution is 2.30. The number of hydrogen-bond donors (Lipinski definition) is 1. The summed E-state index contributed by atoms with van der Waals surface area (Å²) in [5.74, 6) is -1.14. The van der Waals surface area contributed by atoms with E-state index in [2.05, 4.69) is 10.3 Å². The van der Waals surface area contributed by atoms with Gasteiger partial charge in [-0.15, -0.1) is 0 Å². The molecule has 9 heteroatoms. The van der Waals surface area contributed by atoms with Gasteiger partial charge in [0, 0.05) is 18.3 Å². The lowest BCUT2D eigenvalue weighted by Gasteiger charge is -2.12. The van der Waals surface area contributed by atoms with E-state index in [0.29, 0.717) is 17.5 Å². The second-order valence-corrected chi connectivity index (χ2v) is 6.34. The van der Waals surface area contributed by atoms with Crippen LogP contribution >= 0.6 is 0 Å². The monoisotopic (exact) mass is 407 g/mol. The van der Waals surface area contributed by atoms with Crippen molar-refractivity contribution in [2.24, 2.45) is 0 Å². The number of amides is 1. The zero-order chi connectivity index (χ0) is 21.2. The third kappa shape index (κ3) is 4.74. The number of carbonyl (C=O) groups is 1. The van der Waals surface area contributed by atoms with Gasteiger partial charge >= 0.3 is 6.18 Å². The number of benzene rings is 2. The van der Waals surface area contributed by atoms with Crippen LogP contribution in [0.15, 0.2) is 48.9 Å². The van der Waals surface area contributed by atoms with Crippen molar-refractivity contribution in [1.29, 1.82) is 0 Å². The summed E-state index contributed by atoms with van der Waals surface area (Å²) in [6.45, 7) is 1.58. The van der Waals surface area contributed by atoms with Gasteiger partial charge in [0.25, 0.3) is 5.91 Å². The fourth-order valence-corrected chi connectivity index (χ4v) is 2.79. The Morgan fingerprint density at radius 3 is 2.59 bits per heavy atom. The van der Waals surface area contributed by atoms with Crippen molar-refractivity contribution in [3.8, 4) is 11.4 Å². The molecule has 2 aromatic carbocycles. The van der Waals surface area contributed by atoms with Crippen molar-refractivity contribution in [2.75, 3.05) is 7.11 Å². The van der Waals surface area contributed by atoms with Crippen molar-refractivity contribution < 1.29 is 27.1 Å². The van der Waals surface area contributed by atoms with Crippen molar-refractivity contribution in [2.45, 2.75) is 19.6 Å². The minimum Gasteiger partial charge on any atom is -0.495 e. The van der Waals surface area contributed by atoms with Gasteiger partial charge in [-0.05, 0) is 48.9 Å². The van der Waals surface area contributed by atoms with Crippen molar-refractivity contribution in [3.05, 3.63) is 77.1 Å². The summed E-state index contributed by atoms with van der Waals surface area (Å²) in [6, 6.07) is 6.88. The fourth-order valence-electron chi connectivity index (χ4n) is 2.79. The Hall–Kier alpha value is -3.36. The first-order chi connectivity index (χ1) is 13.7. The van der Waals surface area contributed by atoms with E-state index >= 15 is 0 Å². The second-order valence-electron chi connectivity index (χ2n) is 6.34. The van der Waals surface area contributed by atoms with Crippen LogP contribution in [0.1, 0.15) is 27.2 Å². The normalized spacial score (nSPS) is 11.4. The maximum Gasteiger partial charge on any atom is 0.416 e. The molecule has 0 aliphatic heterocycles. The SMILES string of the molecule is COc1cc(C(=O)NCc2cc(F)cc(C(F)(F)F)c2)ccc1-n1cnc(C)c1. The van der Waals surface area contributed by atoms with Gasteiger partial charge in [0.05, 0.1) is 30.4 Å². The topological polar surface area (TPSA) is 56.1 Å². The molecule has 0 bridgehead atoms. The van der Waals surface area contributed by atoms with E-state index < -0.39 is 23.5 Å². The standard InChI is InChI=1S/C20H17F4N3O2/c1-12-10-27(11-26-12)17-4-3-14(7-18(17)29-2)19(28)25-9-13-5-15(20(22,23)24)8-16(21)6-13/h3-8,10-11H,9H2,1-2H3,(H,25,28). The molecule has 0 radical (unpaired) electrons. The van der Waals surface area contributed by atoms with Gasteiger partial charge in [-0.2, -0.15) is 13.2 Å². The Balaban J connectivity index is 1.77. The molecule has 1 amide bonds. The molecule has 0 aliphatic carbocycles. The maximum atomic E-state index is 13.5. The predicted octanol–water partition coefficient (Wildman–Crippen LogP) is 4.28. The molecule has 0 aliphatic rings. The number of alkyl halides is 3. The van der Waals surface area contributed by atoms with Gasteiger partial charge in [-0.1, -0.05) is 0 Å². The van der Waals surface area contributed by atoms with Crippen LogP contribution in [0, 0.1) is 12.7 Å². The smallest absolute Gasteiger partial charge is 0.416 e. The Morgan fingerprint density at radius 1 is 1.21 bits per heavy atom. The molecule has 152 valence electrons. The van der Waals surface area contributed by atoms with E-state index in [1.165, 1.54) is 13.2 Å². The number of aromatic nitrogens is 2. The quantitative estimate of drug-likeness (QED) is 0.643. The molecule has 5 nitrogen and oxygen atoms in total. The van der Waals surface area contributed by atoms with E-state index in [4.69, 9.17) is 4.74 Å². The average molecular weight is 407 g/mol. The highest BCUT2D eigenvalue weighted by molar-refractivity contribution is 5.95.